The predicted octanol–water partition coefficient (Wildman–Crippen LogP) is 4.39. The van der Waals surface area contributed by atoms with Crippen LogP contribution in [0, 0.1) is 6.92 Å². The second-order valence-corrected chi connectivity index (χ2v) is 8.86. The van der Waals surface area contributed by atoms with Gasteiger partial charge in [-0.05, 0) is 48.4 Å². The smallest absolute Gasteiger partial charge is 0.263 e. The Labute approximate surface area is 177 Å². The number of halogens is 2. The van der Waals surface area contributed by atoms with Crippen molar-refractivity contribution >= 4 is 50.4 Å². The van der Waals surface area contributed by atoms with E-state index in [-0.39, 0.29) is 9.92 Å². The quantitative estimate of drug-likeness (QED) is 0.482. The molecule has 2 aromatic heterocycles. The van der Waals surface area contributed by atoms with E-state index in [0.717, 1.165) is 5.56 Å². The van der Waals surface area contributed by atoms with Gasteiger partial charge < -0.3 is 5.73 Å². The summed E-state index contributed by atoms with van der Waals surface area (Å²) in [6.07, 6.45) is 3.28. The van der Waals surface area contributed by atoms with Crippen LogP contribution in [0.1, 0.15) is 5.56 Å². The fraction of sp³-hybridized carbons (Fsp3) is 0.0526. The van der Waals surface area contributed by atoms with Crippen molar-refractivity contribution in [3.8, 4) is 11.1 Å². The fourth-order valence-electron chi connectivity index (χ4n) is 2.95. The van der Waals surface area contributed by atoms with Gasteiger partial charge in [0, 0.05) is 22.8 Å². The Morgan fingerprint density at radius 2 is 1.90 bits per heavy atom. The minimum absolute atomic E-state index is 0.0469. The Balaban J connectivity index is 1.69. The van der Waals surface area contributed by atoms with Gasteiger partial charge in [0.15, 0.2) is 5.65 Å². The molecular formula is C19H15Cl2N5O2S. The van der Waals surface area contributed by atoms with E-state index in [4.69, 9.17) is 28.9 Å². The van der Waals surface area contributed by atoms with Gasteiger partial charge in [0.05, 0.1) is 16.9 Å². The summed E-state index contributed by atoms with van der Waals surface area (Å²) >= 11 is 11.9. The van der Waals surface area contributed by atoms with E-state index in [1.54, 1.807) is 42.0 Å². The van der Waals surface area contributed by atoms with Crippen molar-refractivity contribution in [2.24, 2.45) is 0 Å². The lowest BCUT2D eigenvalue weighted by molar-refractivity contribution is 0.601. The van der Waals surface area contributed by atoms with Crippen LogP contribution in [0.4, 0.5) is 11.5 Å². The molecule has 0 fully saturated rings. The zero-order valence-corrected chi connectivity index (χ0v) is 17.4. The third-order valence-electron chi connectivity index (χ3n) is 4.42. The lowest BCUT2D eigenvalue weighted by Gasteiger charge is -2.14. The van der Waals surface area contributed by atoms with Crippen LogP contribution in [0.2, 0.25) is 10.0 Å². The van der Waals surface area contributed by atoms with Crippen LogP contribution in [0.15, 0.2) is 59.8 Å². The molecule has 0 radical (unpaired) electrons. The Hall–Kier alpha value is -2.81. The zero-order valence-electron chi connectivity index (χ0n) is 15.1. The molecule has 10 heteroatoms. The highest BCUT2D eigenvalue weighted by Crippen LogP contribution is 2.31. The first-order chi connectivity index (χ1) is 13.8. The van der Waals surface area contributed by atoms with Crippen molar-refractivity contribution in [2.75, 3.05) is 10.5 Å². The lowest BCUT2D eigenvalue weighted by Crippen LogP contribution is -2.14. The SMILES string of the molecule is Cc1cc(-c2cnc3ccnn3c2N)ccc1NS(=O)(=O)c1ccc(Cl)cc1Cl. The summed E-state index contributed by atoms with van der Waals surface area (Å²) < 4.78 is 29.6. The van der Waals surface area contributed by atoms with Gasteiger partial charge in [-0.2, -0.15) is 9.61 Å². The maximum atomic E-state index is 12.7. The summed E-state index contributed by atoms with van der Waals surface area (Å²) in [5, 5.41) is 4.56. The number of nitrogen functional groups attached to an aromatic ring is 1. The van der Waals surface area contributed by atoms with Crippen LogP contribution in [0.3, 0.4) is 0 Å². The van der Waals surface area contributed by atoms with Gasteiger partial charge in [-0.1, -0.05) is 29.3 Å². The molecule has 2 aromatic carbocycles. The van der Waals surface area contributed by atoms with Crippen molar-refractivity contribution in [1.29, 1.82) is 0 Å². The molecule has 0 atom stereocenters. The van der Waals surface area contributed by atoms with Gasteiger partial charge in [-0.15, -0.1) is 0 Å². The third-order valence-corrected chi connectivity index (χ3v) is 6.50. The molecule has 0 bridgehead atoms. The molecule has 7 nitrogen and oxygen atoms in total. The number of sulfonamides is 1. The monoisotopic (exact) mass is 447 g/mol. The van der Waals surface area contributed by atoms with Crippen molar-refractivity contribution in [3.05, 3.63) is 70.5 Å². The minimum Gasteiger partial charge on any atom is -0.383 e. The maximum absolute atomic E-state index is 12.7. The number of nitrogens with zero attached hydrogens (tertiary/aromatic N) is 3. The normalized spacial score (nSPS) is 11.7. The van der Waals surface area contributed by atoms with E-state index < -0.39 is 10.0 Å². The molecule has 4 rings (SSSR count). The van der Waals surface area contributed by atoms with Gasteiger partial charge in [0.25, 0.3) is 10.0 Å². The molecule has 0 amide bonds. The number of benzene rings is 2. The van der Waals surface area contributed by atoms with Crippen LogP contribution >= 0.6 is 23.2 Å². The summed E-state index contributed by atoms with van der Waals surface area (Å²) in [6, 6.07) is 11.2. The molecule has 0 spiro atoms. The Bertz CT molecular complexity index is 1350. The van der Waals surface area contributed by atoms with Crippen molar-refractivity contribution in [3.63, 3.8) is 0 Å². The topological polar surface area (TPSA) is 102 Å². The second-order valence-electron chi connectivity index (χ2n) is 6.37. The van der Waals surface area contributed by atoms with Gasteiger partial charge in [-0.3, -0.25) is 4.72 Å². The van der Waals surface area contributed by atoms with E-state index >= 15 is 0 Å². The summed E-state index contributed by atoms with van der Waals surface area (Å²) in [7, 11) is -3.88. The van der Waals surface area contributed by atoms with E-state index in [2.05, 4.69) is 14.8 Å². The number of hydrogen-bond acceptors (Lipinski definition) is 5. The van der Waals surface area contributed by atoms with Gasteiger partial charge in [-0.25, -0.2) is 13.4 Å². The molecule has 3 N–H and O–H groups in total. The van der Waals surface area contributed by atoms with Gasteiger partial charge in [0.2, 0.25) is 0 Å². The summed E-state index contributed by atoms with van der Waals surface area (Å²) in [5.41, 5.74) is 9.47. The van der Waals surface area contributed by atoms with Crippen LogP contribution in [0.25, 0.3) is 16.8 Å². The Kier molecular flexibility index (Phi) is 4.85. The highest BCUT2D eigenvalue weighted by atomic mass is 35.5. The number of aryl methyl sites for hydroxylation is 1. The first-order valence-electron chi connectivity index (χ1n) is 8.43. The number of fused-ring (bicyclic) bond motifs is 1. The summed E-state index contributed by atoms with van der Waals surface area (Å²) in [6.45, 7) is 1.79. The van der Waals surface area contributed by atoms with E-state index in [1.165, 1.54) is 18.2 Å². The van der Waals surface area contributed by atoms with E-state index in [0.29, 0.717) is 33.3 Å². The fourth-order valence-corrected chi connectivity index (χ4v) is 4.86. The minimum atomic E-state index is -3.88. The number of hydrogen-bond donors (Lipinski definition) is 2. The van der Waals surface area contributed by atoms with E-state index in [1.807, 2.05) is 6.07 Å². The van der Waals surface area contributed by atoms with Gasteiger partial charge >= 0.3 is 0 Å². The second kappa shape index (κ2) is 7.22. The van der Waals surface area contributed by atoms with Crippen LogP contribution in [-0.2, 0) is 10.0 Å². The van der Waals surface area contributed by atoms with Crippen LogP contribution in [0.5, 0.6) is 0 Å². The maximum Gasteiger partial charge on any atom is 0.263 e. The molecule has 2 heterocycles. The molecule has 0 aliphatic carbocycles. The van der Waals surface area contributed by atoms with Crippen molar-refractivity contribution in [1.82, 2.24) is 14.6 Å². The number of anilines is 2. The average molecular weight is 448 g/mol. The van der Waals surface area contributed by atoms with E-state index in [9.17, 15) is 8.42 Å². The molecule has 0 saturated carbocycles. The third kappa shape index (κ3) is 3.62. The number of aromatic nitrogens is 3. The van der Waals surface area contributed by atoms with Crippen LogP contribution < -0.4 is 10.5 Å². The molecule has 0 aliphatic heterocycles. The molecule has 0 aliphatic rings. The predicted molar refractivity (Wildman–Crippen MR) is 115 cm³/mol. The first-order valence-corrected chi connectivity index (χ1v) is 10.7. The zero-order chi connectivity index (χ0) is 20.8. The highest BCUT2D eigenvalue weighted by molar-refractivity contribution is 7.92. The van der Waals surface area contributed by atoms with Crippen LogP contribution in [-0.4, -0.2) is 23.0 Å². The standard InChI is InChI=1S/C19H15Cl2N5O2S/c1-11-8-12(14-10-23-18-6-7-24-26(18)19(14)22)2-4-16(11)25-29(27,28)17-5-3-13(20)9-15(17)21/h2-10,25H,22H2,1H3. The molecule has 4 aromatic rings. The number of rotatable bonds is 4. The lowest BCUT2D eigenvalue weighted by atomic mass is 10.0. The Morgan fingerprint density at radius 3 is 2.62 bits per heavy atom. The number of nitrogens with one attached hydrogen (secondary N) is 1. The molecule has 0 unspecified atom stereocenters. The van der Waals surface area contributed by atoms with Crippen molar-refractivity contribution < 1.29 is 8.42 Å². The first kappa shape index (κ1) is 19.5. The molecule has 148 valence electrons. The van der Waals surface area contributed by atoms with Crippen molar-refractivity contribution in [2.45, 2.75) is 11.8 Å². The largest absolute Gasteiger partial charge is 0.383 e. The summed E-state index contributed by atoms with van der Waals surface area (Å²) in [4.78, 5) is 4.28. The highest BCUT2D eigenvalue weighted by Gasteiger charge is 2.19. The number of nitrogens with two attached hydrogens (primary N) is 1. The molecule has 0 saturated heterocycles. The Morgan fingerprint density at radius 1 is 1.10 bits per heavy atom. The molecule has 29 heavy (non-hydrogen) atoms. The average Bonchev–Trinajstić information content (AvgIpc) is 3.13. The van der Waals surface area contributed by atoms with Gasteiger partial charge in [0.1, 0.15) is 10.7 Å². The molecular weight excluding hydrogens is 433 g/mol. The summed E-state index contributed by atoms with van der Waals surface area (Å²) in [5.74, 6) is 0.445.